The van der Waals surface area contributed by atoms with Crippen molar-refractivity contribution in [3.8, 4) is 5.75 Å². The zero-order valence-corrected chi connectivity index (χ0v) is 16.1. The van der Waals surface area contributed by atoms with Crippen LogP contribution in [0.3, 0.4) is 0 Å². The number of aromatic nitrogens is 2. The van der Waals surface area contributed by atoms with Crippen LogP contribution < -0.4 is 4.74 Å². The molecular weight excluding hydrogens is 374 g/mol. The summed E-state index contributed by atoms with van der Waals surface area (Å²) in [5.74, 6) is 1.27. The summed E-state index contributed by atoms with van der Waals surface area (Å²) in [5.41, 5.74) is 0. The number of ether oxygens (including phenoxy) is 3. The molecule has 0 saturated carbocycles. The van der Waals surface area contributed by atoms with Crippen molar-refractivity contribution in [3.05, 3.63) is 36.0 Å². The molecule has 1 fully saturated rings. The molecule has 3 rings (SSSR count). The number of rotatable bonds is 9. The minimum atomic E-state index is -3.60. The maximum atomic E-state index is 12.9. The van der Waals surface area contributed by atoms with Crippen LogP contribution in [0.5, 0.6) is 5.75 Å². The molecule has 0 radical (unpaired) electrons. The molecule has 27 heavy (non-hydrogen) atoms. The lowest BCUT2D eigenvalue weighted by atomic mass is 10.1. The van der Waals surface area contributed by atoms with E-state index in [1.165, 1.54) is 17.5 Å². The van der Waals surface area contributed by atoms with Gasteiger partial charge in [-0.2, -0.15) is 9.29 Å². The molecule has 10 heteroatoms. The maximum absolute atomic E-state index is 12.9. The van der Waals surface area contributed by atoms with Crippen molar-refractivity contribution in [2.45, 2.75) is 23.8 Å². The lowest BCUT2D eigenvalue weighted by Gasteiger charge is -2.16. The molecule has 1 aromatic carbocycles. The lowest BCUT2D eigenvalue weighted by molar-refractivity contribution is 0.0494. The Morgan fingerprint density at radius 1 is 1.30 bits per heavy atom. The molecule has 1 unspecified atom stereocenters. The number of methoxy groups -OCH3 is 2. The van der Waals surface area contributed by atoms with E-state index in [0.29, 0.717) is 50.2 Å². The quantitative estimate of drug-likeness (QED) is 0.585. The monoisotopic (exact) mass is 397 g/mol. The highest BCUT2D eigenvalue weighted by Crippen LogP contribution is 2.30. The van der Waals surface area contributed by atoms with Crippen LogP contribution in [-0.4, -0.2) is 63.4 Å². The van der Waals surface area contributed by atoms with Gasteiger partial charge >= 0.3 is 0 Å². The number of hydrogen-bond donors (Lipinski definition) is 0. The fourth-order valence-corrected chi connectivity index (χ4v) is 4.40. The predicted octanol–water partition coefficient (Wildman–Crippen LogP) is 1.42. The van der Waals surface area contributed by atoms with E-state index in [-0.39, 0.29) is 17.4 Å². The predicted molar refractivity (Wildman–Crippen MR) is 94.9 cm³/mol. The standard InChI is InChI=1S/C17H23N3O6S/c1-23-8-9-25-12-16-18-17(19-26-16)13-6-7-20(11-13)27(21,22)15-5-3-4-14(10-15)24-2/h3-5,10,13H,6-9,11-12H2,1-2H3. The zero-order chi connectivity index (χ0) is 19.3. The van der Waals surface area contributed by atoms with E-state index < -0.39 is 10.0 Å². The van der Waals surface area contributed by atoms with Crippen LogP contribution in [0.4, 0.5) is 0 Å². The number of sulfonamides is 1. The number of nitrogens with zero attached hydrogens (tertiary/aromatic N) is 3. The molecule has 1 saturated heterocycles. The van der Waals surface area contributed by atoms with Gasteiger partial charge in [0.15, 0.2) is 5.82 Å². The van der Waals surface area contributed by atoms with E-state index in [1.54, 1.807) is 25.3 Å². The molecule has 148 valence electrons. The fourth-order valence-electron chi connectivity index (χ4n) is 2.86. The number of benzene rings is 1. The molecule has 9 nitrogen and oxygen atoms in total. The van der Waals surface area contributed by atoms with Gasteiger partial charge in [0, 0.05) is 32.2 Å². The summed E-state index contributed by atoms with van der Waals surface area (Å²) in [5, 5.41) is 3.97. The van der Waals surface area contributed by atoms with Gasteiger partial charge in [0.1, 0.15) is 12.4 Å². The Balaban J connectivity index is 1.63. The summed E-state index contributed by atoms with van der Waals surface area (Å²) in [6, 6.07) is 6.46. The van der Waals surface area contributed by atoms with Crippen molar-refractivity contribution in [3.63, 3.8) is 0 Å². The smallest absolute Gasteiger partial charge is 0.252 e. The lowest BCUT2D eigenvalue weighted by Crippen LogP contribution is -2.28. The molecule has 1 atom stereocenters. The second-order valence-corrected chi connectivity index (χ2v) is 8.06. The Hall–Kier alpha value is -2.01. The van der Waals surface area contributed by atoms with Crippen LogP contribution in [0.15, 0.2) is 33.7 Å². The van der Waals surface area contributed by atoms with Crippen LogP contribution in [0.25, 0.3) is 0 Å². The Morgan fingerprint density at radius 3 is 2.93 bits per heavy atom. The summed E-state index contributed by atoms with van der Waals surface area (Å²) in [6.07, 6.45) is 0.632. The first-order chi connectivity index (χ1) is 13.0. The van der Waals surface area contributed by atoms with Crippen molar-refractivity contribution in [2.24, 2.45) is 0 Å². The maximum Gasteiger partial charge on any atom is 0.252 e. The van der Waals surface area contributed by atoms with Crippen LogP contribution in [0.1, 0.15) is 24.1 Å². The molecular formula is C17H23N3O6S. The van der Waals surface area contributed by atoms with Gasteiger partial charge in [-0.3, -0.25) is 0 Å². The van der Waals surface area contributed by atoms with Crippen molar-refractivity contribution in [1.82, 2.24) is 14.4 Å². The SMILES string of the molecule is COCCOCc1nc(C2CCN(S(=O)(=O)c3cccc(OC)c3)C2)no1. The Bertz CT molecular complexity index is 854. The Morgan fingerprint density at radius 2 is 2.15 bits per heavy atom. The van der Waals surface area contributed by atoms with Crippen LogP contribution in [0.2, 0.25) is 0 Å². The van der Waals surface area contributed by atoms with Gasteiger partial charge in [-0.15, -0.1) is 0 Å². The van der Waals surface area contributed by atoms with Crippen LogP contribution >= 0.6 is 0 Å². The zero-order valence-electron chi connectivity index (χ0n) is 15.3. The van der Waals surface area contributed by atoms with Gasteiger partial charge in [0.05, 0.1) is 25.2 Å². The fraction of sp³-hybridized carbons (Fsp3) is 0.529. The largest absolute Gasteiger partial charge is 0.497 e. The summed E-state index contributed by atoms with van der Waals surface area (Å²) in [6.45, 7) is 1.83. The van der Waals surface area contributed by atoms with Gasteiger partial charge in [0.2, 0.25) is 10.0 Å². The summed E-state index contributed by atoms with van der Waals surface area (Å²) in [4.78, 5) is 4.53. The molecule has 0 N–H and O–H groups in total. The average Bonchev–Trinajstić information content (AvgIpc) is 3.35. The normalized spacial score (nSPS) is 18.1. The van der Waals surface area contributed by atoms with Crippen molar-refractivity contribution in [2.75, 3.05) is 40.5 Å². The van der Waals surface area contributed by atoms with Crippen LogP contribution in [0, 0.1) is 0 Å². The highest BCUT2D eigenvalue weighted by Gasteiger charge is 2.35. The molecule has 0 aliphatic carbocycles. The van der Waals surface area contributed by atoms with E-state index in [4.69, 9.17) is 18.7 Å². The third kappa shape index (κ3) is 4.64. The molecule has 1 aromatic heterocycles. The Kier molecular flexibility index (Phi) is 6.42. The molecule has 0 amide bonds. The first kappa shape index (κ1) is 19.7. The number of hydrogen-bond acceptors (Lipinski definition) is 8. The third-order valence-electron chi connectivity index (χ3n) is 4.34. The van der Waals surface area contributed by atoms with E-state index in [0.717, 1.165) is 0 Å². The summed E-state index contributed by atoms with van der Waals surface area (Å²) >= 11 is 0. The molecule has 0 bridgehead atoms. The van der Waals surface area contributed by atoms with E-state index >= 15 is 0 Å². The second kappa shape index (κ2) is 8.79. The van der Waals surface area contributed by atoms with Gasteiger partial charge < -0.3 is 18.7 Å². The highest BCUT2D eigenvalue weighted by atomic mass is 32.2. The van der Waals surface area contributed by atoms with Gasteiger partial charge in [-0.05, 0) is 18.6 Å². The minimum Gasteiger partial charge on any atom is -0.497 e. The van der Waals surface area contributed by atoms with Gasteiger partial charge in [0.25, 0.3) is 5.89 Å². The highest BCUT2D eigenvalue weighted by molar-refractivity contribution is 7.89. The first-order valence-corrected chi connectivity index (χ1v) is 10.0. The molecule has 1 aliphatic rings. The topological polar surface area (TPSA) is 104 Å². The van der Waals surface area contributed by atoms with E-state index in [1.807, 2.05) is 0 Å². The van der Waals surface area contributed by atoms with Crippen molar-refractivity contribution in [1.29, 1.82) is 0 Å². The van der Waals surface area contributed by atoms with E-state index in [9.17, 15) is 8.42 Å². The summed E-state index contributed by atoms with van der Waals surface area (Å²) in [7, 11) is -0.496. The van der Waals surface area contributed by atoms with Gasteiger partial charge in [-0.25, -0.2) is 8.42 Å². The minimum absolute atomic E-state index is 0.109. The first-order valence-electron chi connectivity index (χ1n) is 8.58. The molecule has 1 aliphatic heterocycles. The Labute approximate surface area is 158 Å². The molecule has 2 heterocycles. The van der Waals surface area contributed by atoms with Gasteiger partial charge in [-0.1, -0.05) is 11.2 Å². The molecule has 0 spiro atoms. The average molecular weight is 397 g/mol. The second-order valence-electron chi connectivity index (χ2n) is 6.12. The van der Waals surface area contributed by atoms with Crippen LogP contribution in [-0.2, 0) is 26.1 Å². The van der Waals surface area contributed by atoms with Crippen molar-refractivity contribution < 1.29 is 27.2 Å². The summed E-state index contributed by atoms with van der Waals surface area (Å²) < 4.78 is 47.7. The van der Waals surface area contributed by atoms with Crippen molar-refractivity contribution >= 4 is 10.0 Å². The third-order valence-corrected chi connectivity index (χ3v) is 6.20. The van der Waals surface area contributed by atoms with E-state index in [2.05, 4.69) is 10.1 Å². The molecule has 2 aromatic rings.